The molecule has 0 heterocycles. The van der Waals surface area contributed by atoms with Gasteiger partial charge in [0.05, 0.1) is 13.7 Å². The van der Waals surface area contributed by atoms with Crippen LogP contribution in [-0.2, 0) is 0 Å². The molecule has 4 N–H and O–H groups in total. The fourth-order valence-corrected chi connectivity index (χ4v) is 2.93. The van der Waals surface area contributed by atoms with Crippen LogP contribution in [-0.4, -0.2) is 30.8 Å². The zero-order valence-electron chi connectivity index (χ0n) is 12.9. The third kappa shape index (κ3) is 4.78. The molecule has 1 fully saturated rings. The number of benzene rings is 1. The summed E-state index contributed by atoms with van der Waals surface area (Å²) < 4.78 is 5.24. The summed E-state index contributed by atoms with van der Waals surface area (Å²) in [7, 11) is 1.56. The smallest absolute Gasteiger partial charge is 0.188 e. The van der Waals surface area contributed by atoms with Gasteiger partial charge in [0.25, 0.3) is 0 Å². The van der Waals surface area contributed by atoms with Gasteiger partial charge in [-0.1, -0.05) is 30.9 Å². The number of hydrogen-bond acceptors (Lipinski definition) is 3. The van der Waals surface area contributed by atoms with Crippen molar-refractivity contribution in [3.8, 4) is 5.75 Å². The number of aliphatic hydroxyl groups excluding tert-OH is 1. The molecule has 1 aromatic rings. The van der Waals surface area contributed by atoms with Gasteiger partial charge in [0, 0.05) is 16.6 Å². The molecule has 1 aliphatic rings. The fraction of sp³-hybridized carbons (Fsp3) is 0.562. The summed E-state index contributed by atoms with van der Waals surface area (Å²) in [5.41, 5.74) is 6.52. The Hall–Kier alpha value is -1.46. The Morgan fingerprint density at radius 1 is 1.45 bits per heavy atom. The van der Waals surface area contributed by atoms with Crippen molar-refractivity contribution in [2.75, 3.05) is 13.7 Å². The Labute approximate surface area is 136 Å². The maximum absolute atomic E-state index is 10.3. The highest BCUT2D eigenvalue weighted by atomic mass is 35.5. The van der Waals surface area contributed by atoms with Crippen LogP contribution in [0.1, 0.15) is 43.8 Å². The first-order valence-electron chi connectivity index (χ1n) is 7.68. The number of nitrogens with zero attached hydrogens (tertiary/aromatic N) is 1. The standard InChI is InChI=1S/C16H24ClN3O2/c1-22-15-8-7-11(17)9-13(15)14(21)10-19-16(18)20-12-5-3-2-4-6-12/h7-9,12,14,21H,2-6,10H2,1H3,(H3,18,19,20). The van der Waals surface area contributed by atoms with E-state index in [1.54, 1.807) is 25.3 Å². The van der Waals surface area contributed by atoms with Crippen LogP contribution < -0.4 is 15.8 Å². The zero-order chi connectivity index (χ0) is 15.9. The summed E-state index contributed by atoms with van der Waals surface area (Å²) in [6.45, 7) is 0.169. The van der Waals surface area contributed by atoms with Crippen molar-refractivity contribution in [2.24, 2.45) is 10.7 Å². The zero-order valence-corrected chi connectivity index (χ0v) is 13.6. The average molecular weight is 326 g/mol. The molecule has 1 atom stereocenters. The number of halogens is 1. The molecule has 0 radical (unpaired) electrons. The van der Waals surface area contributed by atoms with Gasteiger partial charge < -0.3 is 20.9 Å². The van der Waals surface area contributed by atoms with Crippen LogP contribution in [0.15, 0.2) is 23.2 Å². The molecule has 1 aromatic carbocycles. The van der Waals surface area contributed by atoms with Gasteiger partial charge in [0.15, 0.2) is 5.96 Å². The minimum Gasteiger partial charge on any atom is -0.496 e. The Morgan fingerprint density at radius 3 is 2.86 bits per heavy atom. The first-order chi connectivity index (χ1) is 10.6. The van der Waals surface area contributed by atoms with Crippen molar-refractivity contribution in [3.63, 3.8) is 0 Å². The van der Waals surface area contributed by atoms with Gasteiger partial charge in [-0.05, 0) is 31.0 Å². The second kappa shape index (κ2) is 8.25. The number of guanidine groups is 1. The number of rotatable bonds is 5. The van der Waals surface area contributed by atoms with E-state index in [-0.39, 0.29) is 6.54 Å². The number of hydrogen-bond donors (Lipinski definition) is 3. The number of methoxy groups -OCH3 is 1. The maximum Gasteiger partial charge on any atom is 0.188 e. The van der Waals surface area contributed by atoms with E-state index in [9.17, 15) is 5.11 Å². The first-order valence-corrected chi connectivity index (χ1v) is 8.06. The molecule has 6 heteroatoms. The number of ether oxygens (including phenoxy) is 1. The van der Waals surface area contributed by atoms with Gasteiger partial charge in [-0.15, -0.1) is 0 Å². The summed E-state index contributed by atoms with van der Waals surface area (Å²) in [5, 5.41) is 14.1. The molecule has 0 saturated heterocycles. The lowest BCUT2D eigenvalue weighted by Crippen LogP contribution is -2.41. The number of aliphatic imine (C=N–C) groups is 1. The van der Waals surface area contributed by atoms with Crippen molar-refractivity contribution in [1.29, 1.82) is 0 Å². The SMILES string of the molecule is COc1ccc(Cl)cc1C(O)CN=C(N)NC1CCCCC1. The maximum atomic E-state index is 10.3. The summed E-state index contributed by atoms with van der Waals surface area (Å²) >= 11 is 5.97. The molecule has 1 aliphatic carbocycles. The summed E-state index contributed by atoms with van der Waals surface area (Å²) in [4.78, 5) is 4.23. The van der Waals surface area contributed by atoms with E-state index in [1.807, 2.05) is 0 Å². The summed E-state index contributed by atoms with van der Waals surface area (Å²) in [6, 6.07) is 5.54. The molecule has 0 spiro atoms. The predicted molar refractivity (Wildman–Crippen MR) is 89.5 cm³/mol. The number of nitrogens with two attached hydrogens (primary N) is 1. The summed E-state index contributed by atoms with van der Waals surface area (Å²) in [5.74, 6) is 0.970. The quantitative estimate of drug-likeness (QED) is 0.574. The molecule has 0 bridgehead atoms. The van der Waals surface area contributed by atoms with E-state index < -0.39 is 6.10 Å². The van der Waals surface area contributed by atoms with Crippen LogP contribution in [0, 0.1) is 0 Å². The third-order valence-electron chi connectivity index (χ3n) is 3.94. The highest BCUT2D eigenvalue weighted by Gasteiger charge is 2.15. The van der Waals surface area contributed by atoms with Gasteiger partial charge >= 0.3 is 0 Å². The van der Waals surface area contributed by atoms with Crippen LogP contribution in [0.4, 0.5) is 0 Å². The molecule has 0 aromatic heterocycles. The molecule has 22 heavy (non-hydrogen) atoms. The number of nitrogens with one attached hydrogen (secondary N) is 1. The van der Waals surface area contributed by atoms with Crippen LogP contribution in [0.2, 0.25) is 5.02 Å². The van der Waals surface area contributed by atoms with Gasteiger partial charge in [-0.2, -0.15) is 0 Å². The normalized spacial score (nSPS) is 18.0. The van der Waals surface area contributed by atoms with Crippen molar-refractivity contribution in [1.82, 2.24) is 5.32 Å². The van der Waals surface area contributed by atoms with Crippen LogP contribution in [0.5, 0.6) is 5.75 Å². The van der Waals surface area contributed by atoms with E-state index in [0.717, 1.165) is 12.8 Å². The summed E-state index contributed by atoms with van der Waals surface area (Å²) in [6.07, 6.45) is 5.20. The highest BCUT2D eigenvalue weighted by Crippen LogP contribution is 2.28. The van der Waals surface area contributed by atoms with Gasteiger partial charge in [0.2, 0.25) is 0 Å². The Bertz CT molecular complexity index is 516. The van der Waals surface area contributed by atoms with Gasteiger partial charge in [-0.25, -0.2) is 0 Å². The Kier molecular flexibility index (Phi) is 6.34. The van der Waals surface area contributed by atoms with Crippen molar-refractivity contribution in [2.45, 2.75) is 44.2 Å². The largest absolute Gasteiger partial charge is 0.496 e. The van der Waals surface area contributed by atoms with E-state index in [1.165, 1.54) is 19.3 Å². The molecular weight excluding hydrogens is 302 g/mol. The minimum atomic E-state index is -0.805. The highest BCUT2D eigenvalue weighted by molar-refractivity contribution is 6.30. The molecule has 0 aliphatic heterocycles. The van der Waals surface area contributed by atoms with E-state index >= 15 is 0 Å². The van der Waals surface area contributed by atoms with Gasteiger partial charge in [0.1, 0.15) is 11.9 Å². The molecule has 122 valence electrons. The van der Waals surface area contributed by atoms with Crippen molar-refractivity contribution >= 4 is 17.6 Å². The second-order valence-electron chi connectivity index (χ2n) is 5.61. The lowest BCUT2D eigenvalue weighted by atomic mass is 9.96. The molecule has 2 rings (SSSR count). The predicted octanol–water partition coefficient (Wildman–Crippen LogP) is 2.62. The van der Waals surface area contributed by atoms with E-state index in [4.69, 9.17) is 22.1 Å². The Morgan fingerprint density at radius 2 is 2.18 bits per heavy atom. The topological polar surface area (TPSA) is 79.9 Å². The van der Waals surface area contributed by atoms with Gasteiger partial charge in [-0.3, -0.25) is 4.99 Å². The van der Waals surface area contributed by atoms with Crippen LogP contribution >= 0.6 is 11.6 Å². The Balaban J connectivity index is 1.94. The first kappa shape index (κ1) is 16.9. The lowest BCUT2D eigenvalue weighted by molar-refractivity contribution is 0.182. The number of aliphatic hydroxyl groups is 1. The van der Waals surface area contributed by atoms with E-state index in [2.05, 4.69) is 10.3 Å². The minimum absolute atomic E-state index is 0.169. The fourth-order valence-electron chi connectivity index (χ4n) is 2.75. The third-order valence-corrected chi connectivity index (χ3v) is 4.18. The molecule has 5 nitrogen and oxygen atoms in total. The van der Waals surface area contributed by atoms with Crippen molar-refractivity contribution in [3.05, 3.63) is 28.8 Å². The average Bonchev–Trinajstić information content (AvgIpc) is 2.53. The molecule has 1 unspecified atom stereocenters. The van der Waals surface area contributed by atoms with E-state index in [0.29, 0.717) is 28.3 Å². The monoisotopic (exact) mass is 325 g/mol. The van der Waals surface area contributed by atoms with Crippen molar-refractivity contribution < 1.29 is 9.84 Å². The molecule has 1 saturated carbocycles. The van der Waals surface area contributed by atoms with Crippen LogP contribution in [0.3, 0.4) is 0 Å². The second-order valence-corrected chi connectivity index (χ2v) is 6.04. The molecular formula is C16H24ClN3O2. The van der Waals surface area contributed by atoms with Crippen LogP contribution in [0.25, 0.3) is 0 Å². The molecule has 0 amide bonds. The lowest BCUT2D eigenvalue weighted by Gasteiger charge is -2.23.